The van der Waals surface area contributed by atoms with Gasteiger partial charge in [-0.2, -0.15) is 13.2 Å². The van der Waals surface area contributed by atoms with Crippen molar-refractivity contribution < 1.29 is 22.8 Å². The van der Waals surface area contributed by atoms with Crippen molar-refractivity contribution in [2.45, 2.75) is 26.6 Å². The van der Waals surface area contributed by atoms with E-state index in [1.807, 2.05) is 13.8 Å². The molecule has 0 spiro atoms. The predicted octanol–water partition coefficient (Wildman–Crippen LogP) is 5.05. The first-order chi connectivity index (χ1) is 12.6. The minimum absolute atomic E-state index is 0.0366. The van der Waals surface area contributed by atoms with Crippen molar-refractivity contribution in [2.75, 3.05) is 12.8 Å². The van der Waals surface area contributed by atoms with Gasteiger partial charge < -0.3 is 10.6 Å². The lowest BCUT2D eigenvalue weighted by Crippen LogP contribution is -2.27. The molecule has 0 unspecified atom stereocenters. The Morgan fingerprint density at radius 3 is 2.41 bits per heavy atom. The molecule has 4 nitrogen and oxygen atoms in total. The van der Waals surface area contributed by atoms with E-state index in [1.54, 1.807) is 0 Å². The number of amides is 1. The van der Waals surface area contributed by atoms with E-state index >= 15 is 0 Å². The van der Waals surface area contributed by atoms with Crippen LogP contribution in [-0.2, 0) is 12.7 Å². The Labute approximate surface area is 160 Å². The maximum atomic E-state index is 12.8. The summed E-state index contributed by atoms with van der Waals surface area (Å²) in [7, 11) is 1.40. The summed E-state index contributed by atoms with van der Waals surface area (Å²) in [6.07, 6.45) is -4.05. The summed E-state index contributed by atoms with van der Waals surface area (Å²) < 4.78 is 38.5. The van der Waals surface area contributed by atoms with Crippen LogP contribution in [0.2, 0.25) is 5.02 Å². The van der Waals surface area contributed by atoms with Gasteiger partial charge in [-0.3, -0.25) is 9.59 Å². The van der Waals surface area contributed by atoms with E-state index in [9.17, 15) is 22.8 Å². The highest BCUT2D eigenvalue weighted by Gasteiger charge is 2.31. The fraction of sp³-hybridized carbons (Fsp3) is 0.263. The van der Waals surface area contributed by atoms with Crippen molar-refractivity contribution in [1.29, 1.82) is 0 Å². The van der Waals surface area contributed by atoms with Gasteiger partial charge in [-0.15, -0.1) is 0 Å². The zero-order chi connectivity index (χ0) is 20.8. The van der Waals surface area contributed by atoms with Crippen LogP contribution in [0.1, 0.15) is 45.7 Å². The van der Waals surface area contributed by atoms with Crippen LogP contribution < -0.4 is 5.73 Å². The number of hydrogen-bond donors (Lipinski definition) is 1. The smallest absolute Gasteiger partial charge is 0.398 e. The molecule has 146 valence electrons. The molecule has 0 aliphatic rings. The number of anilines is 1. The number of halogens is 4. The quantitative estimate of drug-likeness (QED) is 0.576. The lowest BCUT2D eigenvalue weighted by atomic mass is 10.0. The lowest BCUT2D eigenvalue weighted by Gasteiger charge is -2.20. The van der Waals surface area contributed by atoms with E-state index in [-0.39, 0.29) is 33.9 Å². The van der Waals surface area contributed by atoms with Crippen LogP contribution in [0.3, 0.4) is 0 Å². The molecule has 2 aromatic carbocycles. The van der Waals surface area contributed by atoms with Crippen LogP contribution in [0.25, 0.3) is 0 Å². The molecule has 2 aromatic rings. The van der Waals surface area contributed by atoms with E-state index in [0.717, 1.165) is 18.2 Å². The molecule has 0 aliphatic heterocycles. The molecule has 1 amide bonds. The van der Waals surface area contributed by atoms with Gasteiger partial charge in [-0.05, 0) is 35.9 Å². The molecule has 0 saturated carbocycles. The number of aldehydes is 1. The highest BCUT2D eigenvalue weighted by Crippen LogP contribution is 2.32. The van der Waals surface area contributed by atoms with Crippen molar-refractivity contribution in [3.05, 3.63) is 63.7 Å². The highest BCUT2D eigenvalue weighted by atomic mass is 35.5. The van der Waals surface area contributed by atoms with Crippen LogP contribution in [0.5, 0.6) is 0 Å². The third-order valence-corrected chi connectivity index (χ3v) is 3.98. The molecule has 0 atom stereocenters. The van der Waals surface area contributed by atoms with Gasteiger partial charge in [0.1, 0.15) is 0 Å². The van der Waals surface area contributed by atoms with Crippen molar-refractivity contribution in [3.63, 3.8) is 0 Å². The van der Waals surface area contributed by atoms with Crippen molar-refractivity contribution >= 4 is 29.5 Å². The lowest BCUT2D eigenvalue weighted by molar-refractivity contribution is -0.137. The van der Waals surface area contributed by atoms with Gasteiger partial charge >= 0.3 is 6.18 Å². The molecule has 0 aromatic heterocycles. The second-order valence-electron chi connectivity index (χ2n) is 5.39. The van der Waals surface area contributed by atoms with E-state index in [0.29, 0.717) is 6.29 Å². The second kappa shape index (κ2) is 9.41. The van der Waals surface area contributed by atoms with Crippen LogP contribution >= 0.6 is 11.6 Å². The monoisotopic (exact) mass is 400 g/mol. The summed E-state index contributed by atoms with van der Waals surface area (Å²) in [5.74, 6) is -0.553. The summed E-state index contributed by atoms with van der Waals surface area (Å²) in [5.41, 5.74) is 5.20. The predicted molar refractivity (Wildman–Crippen MR) is 99.8 cm³/mol. The number of nitrogens with two attached hydrogens (primary N) is 1. The molecular formula is C19H20ClF3N2O2. The van der Waals surface area contributed by atoms with Gasteiger partial charge in [0.2, 0.25) is 0 Å². The fourth-order valence-electron chi connectivity index (χ4n) is 2.31. The molecular weight excluding hydrogens is 381 g/mol. The molecule has 0 saturated heterocycles. The van der Waals surface area contributed by atoms with Gasteiger partial charge in [0, 0.05) is 29.9 Å². The maximum Gasteiger partial charge on any atom is 0.416 e. The second-order valence-corrected chi connectivity index (χ2v) is 5.80. The summed E-state index contributed by atoms with van der Waals surface area (Å²) in [6, 6.07) is 7.31. The minimum atomic E-state index is -4.51. The van der Waals surface area contributed by atoms with E-state index in [2.05, 4.69) is 0 Å². The van der Waals surface area contributed by atoms with Crippen LogP contribution in [0.15, 0.2) is 36.4 Å². The SMILES string of the molecule is CC.CN(Cc1cc(C(F)(F)F)ccc1Cl)C(=O)c1cccc(N)c1C=O. The molecule has 2 rings (SSSR count). The number of nitrogen functional groups attached to an aromatic ring is 1. The zero-order valence-electron chi connectivity index (χ0n) is 15.1. The Morgan fingerprint density at radius 2 is 1.85 bits per heavy atom. The molecule has 0 bridgehead atoms. The minimum Gasteiger partial charge on any atom is -0.398 e. The summed E-state index contributed by atoms with van der Waals surface area (Å²) in [4.78, 5) is 24.8. The Bertz CT molecular complexity index is 823. The van der Waals surface area contributed by atoms with Crippen LogP contribution in [0, 0.1) is 0 Å². The largest absolute Gasteiger partial charge is 0.416 e. The number of hydrogen-bond acceptors (Lipinski definition) is 3. The zero-order valence-corrected chi connectivity index (χ0v) is 15.9. The third kappa shape index (κ3) is 5.47. The van der Waals surface area contributed by atoms with Crippen molar-refractivity contribution in [2.24, 2.45) is 0 Å². The number of carbonyl (C=O) groups excluding carboxylic acids is 2. The van der Waals surface area contributed by atoms with Gasteiger partial charge in [-0.1, -0.05) is 31.5 Å². The van der Waals surface area contributed by atoms with Gasteiger partial charge in [-0.25, -0.2) is 0 Å². The topological polar surface area (TPSA) is 63.4 Å². The number of benzene rings is 2. The van der Waals surface area contributed by atoms with Crippen LogP contribution in [0.4, 0.5) is 18.9 Å². The average Bonchev–Trinajstić information content (AvgIpc) is 2.63. The molecule has 0 radical (unpaired) electrons. The van der Waals surface area contributed by atoms with Crippen molar-refractivity contribution in [3.8, 4) is 0 Å². The van der Waals surface area contributed by atoms with E-state index in [1.165, 1.54) is 30.1 Å². The molecule has 0 fully saturated rings. The van der Waals surface area contributed by atoms with Crippen molar-refractivity contribution in [1.82, 2.24) is 4.90 Å². The number of rotatable bonds is 4. The molecule has 0 aliphatic carbocycles. The normalized spacial score (nSPS) is 10.6. The molecule has 8 heteroatoms. The average molecular weight is 401 g/mol. The Kier molecular flexibility index (Phi) is 7.84. The maximum absolute atomic E-state index is 12.8. The Morgan fingerprint density at radius 1 is 1.22 bits per heavy atom. The summed E-state index contributed by atoms with van der Waals surface area (Å²) in [6.45, 7) is 3.84. The molecule has 27 heavy (non-hydrogen) atoms. The standard InChI is InChI=1S/C17H14ClF3N2O2.C2H6/c1-23(16(25)12-3-2-4-15(22)13(12)9-24)8-10-7-11(17(19,20)21)5-6-14(10)18;1-2/h2-7,9H,8,22H2,1H3;1-2H3. The molecule has 0 heterocycles. The number of nitrogens with zero attached hydrogens (tertiary/aromatic N) is 1. The van der Waals surface area contributed by atoms with Gasteiger partial charge in [0.25, 0.3) is 5.91 Å². The van der Waals surface area contributed by atoms with Gasteiger partial charge in [0.15, 0.2) is 6.29 Å². The third-order valence-electron chi connectivity index (χ3n) is 3.62. The van der Waals surface area contributed by atoms with Gasteiger partial charge in [0.05, 0.1) is 11.1 Å². The molecule has 2 N–H and O–H groups in total. The number of carbonyl (C=O) groups is 2. The van der Waals surface area contributed by atoms with Crippen LogP contribution in [-0.4, -0.2) is 24.1 Å². The Hall–Kier alpha value is -2.54. The fourth-order valence-corrected chi connectivity index (χ4v) is 2.48. The first kappa shape index (κ1) is 22.5. The first-order valence-corrected chi connectivity index (χ1v) is 8.47. The number of alkyl halides is 3. The summed E-state index contributed by atoms with van der Waals surface area (Å²) in [5, 5.41) is 0.107. The summed E-state index contributed by atoms with van der Waals surface area (Å²) >= 11 is 5.94. The van der Waals surface area contributed by atoms with E-state index in [4.69, 9.17) is 17.3 Å². The first-order valence-electron chi connectivity index (χ1n) is 8.10. The highest BCUT2D eigenvalue weighted by molar-refractivity contribution is 6.31. The Balaban J connectivity index is 0.00000176. The van der Waals surface area contributed by atoms with E-state index < -0.39 is 17.6 Å².